The van der Waals surface area contributed by atoms with Crippen LogP contribution >= 0.6 is 0 Å². The van der Waals surface area contributed by atoms with Gasteiger partial charge in [-0.25, -0.2) is 8.78 Å². The van der Waals surface area contributed by atoms with Crippen LogP contribution in [0.3, 0.4) is 0 Å². The topological polar surface area (TPSA) is 38.3 Å². The summed E-state index contributed by atoms with van der Waals surface area (Å²) in [4.78, 5) is 11.7. The first kappa shape index (κ1) is 13.0. The Bertz CT molecular complexity index is 430. The molecule has 0 bridgehead atoms. The molecule has 98 valence electrons. The summed E-state index contributed by atoms with van der Waals surface area (Å²) >= 11 is 0. The molecular weight excluding hydrogens is 240 g/mol. The number of hydrogen-bond donors (Lipinski definition) is 1. The molecule has 2 unspecified atom stereocenters. The van der Waals surface area contributed by atoms with Crippen molar-refractivity contribution in [2.45, 2.75) is 12.3 Å². The summed E-state index contributed by atoms with van der Waals surface area (Å²) in [6.07, 6.45) is 0.655. The summed E-state index contributed by atoms with van der Waals surface area (Å²) in [5.74, 6) is -2.19. The standard InChI is InChI=1S/C13H15F2NO2/c1-18-13(17)12-7-16-3-2-11(12)8-4-9(14)6-10(15)5-8/h4-6,11-12,16H,2-3,7H2,1H3. The van der Waals surface area contributed by atoms with Crippen LogP contribution in [0.4, 0.5) is 8.78 Å². The molecule has 1 heterocycles. The molecule has 0 amide bonds. The summed E-state index contributed by atoms with van der Waals surface area (Å²) in [7, 11) is 1.32. The average molecular weight is 255 g/mol. The van der Waals surface area contributed by atoms with Gasteiger partial charge in [-0.3, -0.25) is 4.79 Å². The number of benzene rings is 1. The van der Waals surface area contributed by atoms with E-state index < -0.39 is 17.6 Å². The maximum atomic E-state index is 13.2. The molecule has 1 fully saturated rings. The lowest BCUT2D eigenvalue weighted by atomic mass is 9.81. The second-order valence-corrected chi connectivity index (χ2v) is 4.43. The third-order valence-corrected chi connectivity index (χ3v) is 3.30. The third-order valence-electron chi connectivity index (χ3n) is 3.30. The summed E-state index contributed by atoms with van der Waals surface area (Å²) in [5.41, 5.74) is 0.518. The van der Waals surface area contributed by atoms with Crippen LogP contribution in [0.5, 0.6) is 0 Å². The van der Waals surface area contributed by atoms with Gasteiger partial charge in [0.1, 0.15) is 11.6 Å². The second-order valence-electron chi connectivity index (χ2n) is 4.43. The number of carbonyl (C=O) groups is 1. The molecule has 1 N–H and O–H groups in total. The molecule has 0 saturated carbocycles. The van der Waals surface area contributed by atoms with E-state index in [-0.39, 0.29) is 11.9 Å². The normalized spacial score (nSPS) is 23.7. The van der Waals surface area contributed by atoms with Crippen molar-refractivity contribution >= 4 is 5.97 Å². The smallest absolute Gasteiger partial charge is 0.310 e. The number of esters is 1. The molecular formula is C13H15F2NO2. The van der Waals surface area contributed by atoms with Gasteiger partial charge < -0.3 is 10.1 Å². The van der Waals surface area contributed by atoms with Crippen LogP contribution in [0, 0.1) is 17.6 Å². The Morgan fingerprint density at radius 1 is 1.33 bits per heavy atom. The fourth-order valence-electron chi connectivity index (χ4n) is 2.45. The van der Waals surface area contributed by atoms with E-state index in [4.69, 9.17) is 4.74 Å². The molecule has 0 aliphatic carbocycles. The molecule has 18 heavy (non-hydrogen) atoms. The van der Waals surface area contributed by atoms with Gasteiger partial charge in [0.15, 0.2) is 0 Å². The lowest BCUT2D eigenvalue weighted by Gasteiger charge is -2.30. The van der Waals surface area contributed by atoms with Gasteiger partial charge in [-0.1, -0.05) is 0 Å². The highest BCUT2D eigenvalue weighted by molar-refractivity contribution is 5.74. The Morgan fingerprint density at radius 2 is 2.00 bits per heavy atom. The predicted octanol–water partition coefficient (Wildman–Crippen LogP) is 1.83. The average Bonchev–Trinajstić information content (AvgIpc) is 2.36. The maximum Gasteiger partial charge on any atom is 0.310 e. The first-order chi connectivity index (χ1) is 8.61. The molecule has 5 heteroatoms. The third kappa shape index (κ3) is 2.67. The molecule has 1 saturated heterocycles. The molecule has 1 aromatic carbocycles. The van der Waals surface area contributed by atoms with Crippen molar-refractivity contribution in [3.8, 4) is 0 Å². The van der Waals surface area contributed by atoms with E-state index in [0.717, 1.165) is 12.6 Å². The highest BCUT2D eigenvalue weighted by Gasteiger charge is 2.33. The lowest BCUT2D eigenvalue weighted by molar-refractivity contribution is -0.146. The minimum absolute atomic E-state index is 0.205. The fraction of sp³-hybridized carbons (Fsp3) is 0.462. The van der Waals surface area contributed by atoms with Gasteiger partial charge in [0.2, 0.25) is 0 Å². The number of rotatable bonds is 2. The molecule has 2 rings (SSSR count). The van der Waals surface area contributed by atoms with E-state index >= 15 is 0 Å². The van der Waals surface area contributed by atoms with Gasteiger partial charge in [-0.15, -0.1) is 0 Å². The molecule has 0 aromatic heterocycles. The Hall–Kier alpha value is -1.49. The first-order valence-corrected chi connectivity index (χ1v) is 5.86. The van der Waals surface area contributed by atoms with Gasteiger partial charge in [-0.05, 0) is 36.6 Å². The van der Waals surface area contributed by atoms with E-state index in [2.05, 4.69) is 5.32 Å². The molecule has 2 atom stereocenters. The Balaban J connectivity index is 2.30. The van der Waals surface area contributed by atoms with Gasteiger partial charge in [0.25, 0.3) is 0 Å². The number of nitrogens with one attached hydrogen (secondary N) is 1. The van der Waals surface area contributed by atoms with Crippen molar-refractivity contribution in [3.05, 3.63) is 35.4 Å². The van der Waals surface area contributed by atoms with Gasteiger partial charge in [0, 0.05) is 12.6 Å². The largest absolute Gasteiger partial charge is 0.469 e. The number of ether oxygens (including phenoxy) is 1. The Labute approximate surface area is 104 Å². The molecule has 1 aliphatic rings. The van der Waals surface area contributed by atoms with Crippen LogP contribution in [0.1, 0.15) is 17.9 Å². The Kier molecular flexibility index (Phi) is 3.91. The quantitative estimate of drug-likeness (QED) is 0.819. The van der Waals surface area contributed by atoms with Crippen LogP contribution in [-0.2, 0) is 9.53 Å². The van der Waals surface area contributed by atoms with Crippen molar-refractivity contribution in [2.75, 3.05) is 20.2 Å². The summed E-state index contributed by atoms with van der Waals surface area (Å²) in [6, 6.07) is 3.40. The van der Waals surface area contributed by atoms with Crippen LogP contribution in [0.2, 0.25) is 0 Å². The van der Waals surface area contributed by atoms with E-state index in [1.807, 2.05) is 0 Å². The number of methoxy groups -OCH3 is 1. The zero-order valence-electron chi connectivity index (χ0n) is 10.1. The summed E-state index contributed by atoms with van der Waals surface area (Å²) < 4.78 is 31.2. The van der Waals surface area contributed by atoms with E-state index in [1.54, 1.807) is 0 Å². The fourth-order valence-corrected chi connectivity index (χ4v) is 2.45. The van der Waals surface area contributed by atoms with E-state index in [0.29, 0.717) is 18.5 Å². The van der Waals surface area contributed by atoms with Crippen molar-refractivity contribution in [1.82, 2.24) is 5.32 Å². The number of hydrogen-bond acceptors (Lipinski definition) is 3. The van der Waals surface area contributed by atoms with Crippen molar-refractivity contribution in [3.63, 3.8) is 0 Å². The molecule has 0 spiro atoms. The highest BCUT2D eigenvalue weighted by Crippen LogP contribution is 2.31. The van der Waals surface area contributed by atoms with Gasteiger partial charge >= 0.3 is 5.97 Å². The van der Waals surface area contributed by atoms with Crippen molar-refractivity contribution in [1.29, 1.82) is 0 Å². The van der Waals surface area contributed by atoms with Crippen LogP contribution < -0.4 is 5.32 Å². The zero-order chi connectivity index (χ0) is 13.1. The van der Waals surface area contributed by atoms with E-state index in [9.17, 15) is 13.6 Å². The van der Waals surface area contributed by atoms with E-state index in [1.165, 1.54) is 19.2 Å². The number of piperidine rings is 1. The minimum Gasteiger partial charge on any atom is -0.469 e. The second kappa shape index (κ2) is 5.44. The van der Waals surface area contributed by atoms with Gasteiger partial charge in [-0.2, -0.15) is 0 Å². The zero-order valence-corrected chi connectivity index (χ0v) is 10.1. The maximum absolute atomic E-state index is 13.2. The molecule has 1 aromatic rings. The number of halogens is 2. The minimum atomic E-state index is -0.618. The Morgan fingerprint density at radius 3 is 2.61 bits per heavy atom. The lowest BCUT2D eigenvalue weighted by Crippen LogP contribution is -2.40. The van der Waals surface area contributed by atoms with Crippen molar-refractivity contribution < 1.29 is 18.3 Å². The molecule has 3 nitrogen and oxygen atoms in total. The molecule has 1 aliphatic heterocycles. The first-order valence-electron chi connectivity index (χ1n) is 5.86. The van der Waals surface area contributed by atoms with Gasteiger partial charge in [0.05, 0.1) is 13.0 Å². The summed E-state index contributed by atoms with van der Waals surface area (Å²) in [6.45, 7) is 1.19. The van der Waals surface area contributed by atoms with Crippen LogP contribution in [-0.4, -0.2) is 26.2 Å². The number of carbonyl (C=O) groups excluding carboxylic acids is 1. The van der Waals surface area contributed by atoms with Crippen LogP contribution in [0.15, 0.2) is 18.2 Å². The molecule has 0 radical (unpaired) electrons. The SMILES string of the molecule is COC(=O)C1CNCCC1c1cc(F)cc(F)c1. The summed E-state index contributed by atoms with van der Waals surface area (Å²) in [5, 5.41) is 3.09. The highest BCUT2D eigenvalue weighted by atomic mass is 19.1. The predicted molar refractivity (Wildman–Crippen MR) is 62.1 cm³/mol. The van der Waals surface area contributed by atoms with Crippen molar-refractivity contribution in [2.24, 2.45) is 5.92 Å². The van der Waals surface area contributed by atoms with Crippen LogP contribution in [0.25, 0.3) is 0 Å². The monoisotopic (exact) mass is 255 g/mol.